The number of fused-ring (bicyclic) bond motifs is 1. The molecular formula is C20H18F3N5. The molecule has 0 aliphatic rings. The van der Waals surface area contributed by atoms with Crippen LogP contribution in [-0.2, 0) is 5.92 Å². The molecule has 0 saturated heterocycles. The Morgan fingerprint density at radius 2 is 1.82 bits per heavy atom. The SMILES string of the molecule is CC(=N)CC(N)=Nc1nc(C(F)(F)c2ccc(F)cc2)nc2cc(C)ccc12. The zero-order chi connectivity index (χ0) is 20.5. The average Bonchev–Trinajstić information content (AvgIpc) is 2.60. The molecule has 0 bridgehead atoms. The molecule has 1 aromatic heterocycles. The van der Waals surface area contributed by atoms with Gasteiger partial charge in [-0.2, -0.15) is 8.78 Å². The van der Waals surface area contributed by atoms with Crippen LogP contribution in [0.2, 0.25) is 0 Å². The molecule has 3 rings (SSSR count). The Morgan fingerprint density at radius 1 is 1.14 bits per heavy atom. The molecule has 8 heteroatoms. The van der Waals surface area contributed by atoms with Crippen molar-refractivity contribution < 1.29 is 13.2 Å². The standard InChI is InChI=1S/C20H18F3N5/c1-11-3-8-15-16(9-11)26-19(28-18(15)27-17(25)10-12(2)24)20(22,23)13-4-6-14(21)7-5-13/h3-9,24H,10H2,1-2H3,(H2,25,26,27,28). The van der Waals surface area contributed by atoms with Crippen molar-refractivity contribution >= 4 is 28.3 Å². The highest BCUT2D eigenvalue weighted by Crippen LogP contribution is 2.36. The van der Waals surface area contributed by atoms with E-state index in [1.165, 1.54) is 0 Å². The number of halogens is 3. The first-order chi connectivity index (χ1) is 13.2. The van der Waals surface area contributed by atoms with Crippen LogP contribution >= 0.6 is 0 Å². The van der Waals surface area contributed by atoms with E-state index in [1.807, 2.05) is 6.92 Å². The molecule has 0 spiro atoms. The zero-order valence-corrected chi connectivity index (χ0v) is 15.3. The second-order valence-corrected chi connectivity index (χ2v) is 6.53. The highest BCUT2D eigenvalue weighted by Gasteiger charge is 2.38. The number of rotatable bonds is 5. The minimum atomic E-state index is -3.55. The summed E-state index contributed by atoms with van der Waals surface area (Å²) in [5.74, 6) is -4.84. The third kappa shape index (κ3) is 4.00. The summed E-state index contributed by atoms with van der Waals surface area (Å²) in [5, 5.41) is 7.98. The summed E-state index contributed by atoms with van der Waals surface area (Å²) >= 11 is 0. The van der Waals surface area contributed by atoms with Gasteiger partial charge >= 0.3 is 5.92 Å². The molecule has 0 saturated carbocycles. The van der Waals surface area contributed by atoms with E-state index >= 15 is 8.78 Å². The quantitative estimate of drug-likeness (QED) is 0.495. The molecule has 0 aliphatic carbocycles. The fourth-order valence-electron chi connectivity index (χ4n) is 2.68. The van der Waals surface area contributed by atoms with Crippen LogP contribution in [0.3, 0.4) is 0 Å². The van der Waals surface area contributed by atoms with Crippen LogP contribution < -0.4 is 5.73 Å². The van der Waals surface area contributed by atoms with Gasteiger partial charge in [-0.3, -0.25) is 0 Å². The molecule has 0 fully saturated rings. The van der Waals surface area contributed by atoms with Crippen molar-refractivity contribution in [2.24, 2.45) is 10.7 Å². The van der Waals surface area contributed by atoms with Gasteiger partial charge in [-0.05, 0) is 55.8 Å². The predicted molar refractivity (Wildman–Crippen MR) is 103 cm³/mol. The average molecular weight is 385 g/mol. The van der Waals surface area contributed by atoms with Crippen LogP contribution in [0.15, 0.2) is 47.5 Å². The van der Waals surface area contributed by atoms with E-state index in [9.17, 15) is 4.39 Å². The van der Waals surface area contributed by atoms with E-state index in [1.54, 1.807) is 25.1 Å². The number of nitrogens with two attached hydrogens (primary N) is 1. The molecule has 0 aliphatic heterocycles. The number of nitrogens with one attached hydrogen (secondary N) is 1. The molecule has 0 amide bonds. The van der Waals surface area contributed by atoms with Crippen molar-refractivity contribution in [2.75, 3.05) is 0 Å². The van der Waals surface area contributed by atoms with Gasteiger partial charge in [-0.15, -0.1) is 0 Å². The lowest BCUT2D eigenvalue weighted by molar-refractivity contribution is 0.0332. The Labute approximate surface area is 159 Å². The number of benzene rings is 2. The lowest BCUT2D eigenvalue weighted by Gasteiger charge is -2.17. The first-order valence-electron chi connectivity index (χ1n) is 8.46. The summed E-state index contributed by atoms with van der Waals surface area (Å²) in [6.45, 7) is 3.38. The molecule has 0 atom stereocenters. The maximum atomic E-state index is 15.0. The van der Waals surface area contributed by atoms with E-state index in [2.05, 4.69) is 15.0 Å². The number of amidine groups is 1. The van der Waals surface area contributed by atoms with Crippen molar-refractivity contribution in [1.82, 2.24) is 9.97 Å². The number of aromatic nitrogens is 2. The first-order valence-corrected chi connectivity index (χ1v) is 8.46. The van der Waals surface area contributed by atoms with Crippen LogP contribution in [0.25, 0.3) is 10.9 Å². The number of hydrogen-bond donors (Lipinski definition) is 2. The van der Waals surface area contributed by atoms with Gasteiger partial charge in [0, 0.05) is 23.1 Å². The Bertz CT molecular complexity index is 1080. The van der Waals surface area contributed by atoms with Crippen LogP contribution in [0.1, 0.15) is 30.3 Å². The normalized spacial score (nSPS) is 12.4. The second kappa shape index (κ2) is 7.38. The summed E-state index contributed by atoms with van der Waals surface area (Å²) in [7, 11) is 0. The molecular weight excluding hydrogens is 367 g/mol. The molecule has 0 unspecified atom stereocenters. The summed E-state index contributed by atoms with van der Waals surface area (Å²) in [4.78, 5) is 12.1. The Hall–Kier alpha value is -3.29. The van der Waals surface area contributed by atoms with Gasteiger partial charge in [0.05, 0.1) is 5.52 Å². The largest absolute Gasteiger partial charge is 0.387 e. The van der Waals surface area contributed by atoms with Crippen molar-refractivity contribution in [3.8, 4) is 0 Å². The number of nitrogens with zero attached hydrogens (tertiary/aromatic N) is 3. The van der Waals surface area contributed by atoms with E-state index in [4.69, 9.17) is 11.1 Å². The number of aliphatic imine (C=N–C) groups is 1. The second-order valence-electron chi connectivity index (χ2n) is 6.53. The lowest BCUT2D eigenvalue weighted by Crippen LogP contribution is -2.20. The highest BCUT2D eigenvalue weighted by atomic mass is 19.3. The zero-order valence-electron chi connectivity index (χ0n) is 15.3. The van der Waals surface area contributed by atoms with Crippen molar-refractivity contribution in [3.05, 3.63) is 65.2 Å². The van der Waals surface area contributed by atoms with Crippen molar-refractivity contribution in [1.29, 1.82) is 5.41 Å². The third-order valence-electron chi connectivity index (χ3n) is 4.02. The summed E-state index contributed by atoms with van der Waals surface area (Å²) in [5.41, 5.74) is 6.82. The molecule has 3 aromatic rings. The Balaban J connectivity index is 2.20. The number of aryl methyl sites for hydroxylation is 1. The van der Waals surface area contributed by atoms with Crippen LogP contribution in [0.4, 0.5) is 19.0 Å². The topological polar surface area (TPSA) is 88.0 Å². The fourth-order valence-corrected chi connectivity index (χ4v) is 2.68. The van der Waals surface area contributed by atoms with Crippen LogP contribution in [0.5, 0.6) is 0 Å². The van der Waals surface area contributed by atoms with Crippen molar-refractivity contribution in [3.63, 3.8) is 0 Å². The van der Waals surface area contributed by atoms with Gasteiger partial charge in [0.25, 0.3) is 0 Å². The maximum Gasteiger partial charge on any atom is 0.331 e. The monoisotopic (exact) mass is 385 g/mol. The van der Waals surface area contributed by atoms with Crippen LogP contribution in [0, 0.1) is 18.2 Å². The third-order valence-corrected chi connectivity index (χ3v) is 4.02. The van der Waals surface area contributed by atoms with Gasteiger partial charge < -0.3 is 11.1 Å². The van der Waals surface area contributed by atoms with Gasteiger partial charge in [0.1, 0.15) is 11.7 Å². The summed E-state index contributed by atoms with van der Waals surface area (Å²) < 4.78 is 43.1. The van der Waals surface area contributed by atoms with E-state index in [-0.39, 0.29) is 23.8 Å². The minimum absolute atomic E-state index is 0.000497. The maximum absolute atomic E-state index is 15.0. The number of alkyl halides is 2. The van der Waals surface area contributed by atoms with E-state index in [0.29, 0.717) is 10.9 Å². The lowest BCUT2D eigenvalue weighted by atomic mass is 10.1. The molecule has 2 aromatic carbocycles. The van der Waals surface area contributed by atoms with Gasteiger partial charge in [0.2, 0.25) is 5.82 Å². The van der Waals surface area contributed by atoms with Gasteiger partial charge in [-0.25, -0.2) is 19.4 Å². The molecule has 5 nitrogen and oxygen atoms in total. The molecule has 1 heterocycles. The fraction of sp³-hybridized carbons (Fsp3) is 0.200. The Morgan fingerprint density at radius 3 is 2.46 bits per heavy atom. The molecule has 144 valence electrons. The smallest absolute Gasteiger partial charge is 0.331 e. The summed E-state index contributed by atoms with van der Waals surface area (Å²) in [6, 6.07) is 9.03. The van der Waals surface area contributed by atoms with Crippen LogP contribution in [-0.4, -0.2) is 21.5 Å². The molecule has 28 heavy (non-hydrogen) atoms. The van der Waals surface area contributed by atoms with Gasteiger partial charge in [0.15, 0.2) is 5.82 Å². The first kappa shape index (κ1) is 19.5. The highest BCUT2D eigenvalue weighted by molar-refractivity contribution is 6.02. The Kier molecular flexibility index (Phi) is 5.13. The molecule has 3 N–H and O–H groups in total. The van der Waals surface area contributed by atoms with Crippen molar-refractivity contribution in [2.45, 2.75) is 26.2 Å². The predicted octanol–water partition coefficient (Wildman–Crippen LogP) is 4.64. The molecule has 0 radical (unpaired) electrons. The van der Waals surface area contributed by atoms with E-state index < -0.39 is 23.1 Å². The summed E-state index contributed by atoms with van der Waals surface area (Å²) in [6.07, 6.45) is 0.0983. The van der Waals surface area contributed by atoms with E-state index in [0.717, 1.165) is 29.8 Å². The minimum Gasteiger partial charge on any atom is -0.387 e. The van der Waals surface area contributed by atoms with Gasteiger partial charge in [-0.1, -0.05) is 6.07 Å². The number of hydrogen-bond acceptors (Lipinski definition) is 4.